The van der Waals surface area contributed by atoms with Crippen molar-refractivity contribution in [3.8, 4) is 0 Å². The Morgan fingerprint density at radius 2 is 1.13 bits per heavy atom. The predicted molar refractivity (Wildman–Crippen MR) is 115 cm³/mol. The van der Waals surface area contributed by atoms with Crippen LogP contribution in [0.5, 0.6) is 0 Å². The molecule has 6 fully saturated rings. The zero-order valence-electron chi connectivity index (χ0n) is 18.4. The van der Waals surface area contributed by atoms with Gasteiger partial charge in [-0.3, -0.25) is 14.4 Å². The second-order valence-electron chi connectivity index (χ2n) is 11.1. The molecule has 6 aliphatic heterocycles. The maximum absolute atomic E-state index is 13.9. The van der Waals surface area contributed by atoms with Crippen molar-refractivity contribution in [2.24, 2.45) is 23.5 Å². The molecule has 3 amide bonds. The zero-order chi connectivity index (χ0) is 21.3. The van der Waals surface area contributed by atoms with E-state index >= 15 is 0 Å². The molecule has 6 aliphatic rings. The highest BCUT2D eigenvalue weighted by Crippen LogP contribution is 2.46. The van der Waals surface area contributed by atoms with Gasteiger partial charge >= 0.3 is 0 Å². The first-order valence-corrected chi connectivity index (χ1v) is 12.7. The summed E-state index contributed by atoms with van der Waals surface area (Å²) in [5, 5.41) is 3.66. The first kappa shape index (κ1) is 20.0. The topological polar surface area (TPSA) is 95.7 Å². The molecule has 0 aromatic carbocycles. The van der Waals surface area contributed by atoms with E-state index in [1.807, 2.05) is 0 Å². The normalized spacial score (nSPS) is 45.7. The molecule has 170 valence electrons. The van der Waals surface area contributed by atoms with E-state index in [0.29, 0.717) is 24.0 Å². The van der Waals surface area contributed by atoms with Gasteiger partial charge in [0.15, 0.2) is 0 Å². The van der Waals surface area contributed by atoms with Gasteiger partial charge in [-0.05, 0) is 77.0 Å². The molecule has 6 heterocycles. The maximum Gasteiger partial charge on any atom is 0.228 e. The van der Waals surface area contributed by atoms with Crippen LogP contribution < -0.4 is 11.1 Å². The Bertz CT molecular complexity index is 787. The largest absolute Gasteiger partial charge is 0.369 e. The molecule has 7 heteroatoms. The highest BCUT2D eigenvalue weighted by atomic mass is 16.2. The van der Waals surface area contributed by atoms with E-state index in [1.165, 1.54) is 6.42 Å². The summed E-state index contributed by atoms with van der Waals surface area (Å²) < 4.78 is 0. The Labute approximate surface area is 184 Å². The van der Waals surface area contributed by atoms with Crippen LogP contribution in [0, 0.1) is 17.8 Å². The number of fused-ring (bicyclic) bond motifs is 6. The van der Waals surface area contributed by atoms with Crippen molar-refractivity contribution in [2.45, 2.75) is 113 Å². The number of nitrogens with zero attached hydrogens (tertiary/aromatic N) is 2. The fourth-order valence-corrected chi connectivity index (χ4v) is 8.27. The Hall–Kier alpha value is -1.63. The summed E-state index contributed by atoms with van der Waals surface area (Å²) in [5.74, 6) is 0.0170. The van der Waals surface area contributed by atoms with E-state index in [9.17, 15) is 14.4 Å². The van der Waals surface area contributed by atoms with Gasteiger partial charge in [-0.2, -0.15) is 0 Å². The lowest BCUT2D eigenvalue weighted by molar-refractivity contribution is -0.152. The molecule has 0 radical (unpaired) electrons. The molecule has 0 spiro atoms. The van der Waals surface area contributed by atoms with Crippen LogP contribution >= 0.6 is 0 Å². The third-order valence-corrected chi connectivity index (χ3v) is 9.74. The third kappa shape index (κ3) is 3.05. The first-order valence-electron chi connectivity index (χ1n) is 12.7. The molecule has 0 aromatic rings. The van der Waals surface area contributed by atoms with Crippen LogP contribution in [-0.4, -0.2) is 63.8 Å². The first-order chi connectivity index (χ1) is 15.0. The molecule has 0 unspecified atom stereocenters. The van der Waals surface area contributed by atoms with E-state index in [1.54, 1.807) is 0 Å². The van der Waals surface area contributed by atoms with Crippen LogP contribution in [-0.2, 0) is 14.4 Å². The summed E-state index contributed by atoms with van der Waals surface area (Å²) in [6.07, 6.45) is 11.8. The lowest BCUT2D eigenvalue weighted by Gasteiger charge is -2.46. The van der Waals surface area contributed by atoms with Gasteiger partial charge < -0.3 is 20.9 Å². The van der Waals surface area contributed by atoms with Crippen molar-refractivity contribution in [2.75, 3.05) is 0 Å². The van der Waals surface area contributed by atoms with E-state index in [2.05, 4.69) is 15.1 Å². The Morgan fingerprint density at radius 1 is 0.613 bits per heavy atom. The molecule has 0 saturated carbocycles. The van der Waals surface area contributed by atoms with Crippen molar-refractivity contribution in [3.63, 3.8) is 0 Å². The number of carbonyl (C=O) groups excluding carboxylic acids is 3. The fraction of sp³-hybridized carbons (Fsp3) is 0.875. The molecule has 0 aliphatic carbocycles. The molecule has 3 N–H and O–H groups in total. The van der Waals surface area contributed by atoms with Crippen LogP contribution in [0.3, 0.4) is 0 Å². The molecule has 9 atom stereocenters. The molecule has 6 bridgehead atoms. The quantitative estimate of drug-likeness (QED) is 0.713. The van der Waals surface area contributed by atoms with Crippen molar-refractivity contribution in [1.82, 2.24) is 15.1 Å². The summed E-state index contributed by atoms with van der Waals surface area (Å²) in [6.45, 7) is 0. The number of hydrogen-bond acceptors (Lipinski definition) is 4. The fourth-order valence-electron chi connectivity index (χ4n) is 8.27. The number of piperidine rings is 3. The van der Waals surface area contributed by atoms with Crippen LogP contribution in [0.25, 0.3) is 0 Å². The van der Waals surface area contributed by atoms with E-state index < -0.39 is 0 Å². The summed E-state index contributed by atoms with van der Waals surface area (Å²) in [4.78, 5) is 43.8. The van der Waals surface area contributed by atoms with Crippen molar-refractivity contribution < 1.29 is 14.4 Å². The molecule has 6 saturated heterocycles. The lowest BCUT2D eigenvalue weighted by Crippen LogP contribution is -2.59. The van der Waals surface area contributed by atoms with Crippen LogP contribution in [0.15, 0.2) is 0 Å². The maximum atomic E-state index is 13.9. The highest BCUT2D eigenvalue weighted by Gasteiger charge is 2.54. The summed E-state index contributed by atoms with van der Waals surface area (Å²) in [5.41, 5.74) is 5.69. The van der Waals surface area contributed by atoms with Crippen molar-refractivity contribution in [3.05, 3.63) is 0 Å². The molecule has 31 heavy (non-hydrogen) atoms. The number of nitrogens with one attached hydrogen (secondary N) is 1. The van der Waals surface area contributed by atoms with Gasteiger partial charge in [-0.1, -0.05) is 0 Å². The van der Waals surface area contributed by atoms with Crippen molar-refractivity contribution in [1.29, 1.82) is 0 Å². The minimum Gasteiger partial charge on any atom is -0.369 e. The highest BCUT2D eigenvalue weighted by molar-refractivity contribution is 5.86. The van der Waals surface area contributed by atoms with E-state index in [-0.39, 0.29) is 47.7 Å². The molecule has 0 aromatic heterocycles. The number of nitrogens with two attached hydrogens (primary N) is 1. The molecule has 7 nitrogen and oxygen atoms in total. The second-order valence-corrected chi connectivity index (χ2v) is 11.1. The number of amides is 3. The SMILES string of the molecule is NC(=O)[C@@H]1CC[C@H]2CC[C@@H]1N2C(=O)[C@@H]1CC[C@H]2CC[C@@H]1N2C(=O)[C@@H]1CC[C@@H]2CC[C@H]1N2. The molecular weight excluding hydrogens is 392 g/mol. The average Bonchev–Trinajstić information content (AvgIpc) is 3.38. The van der Waals surface area contributed by atoms with Gasteiger partial charge in [-0.25, -0.2) is 0 Å². The van der Waals surface area contributed by atoms with Crippen molar-refractivity contribution >= 4 is 17.7 Å². The number of hydrogen-bond donors (Lipinski definition) is 2. The van der Waals surface area contributed by atoms with Gasteiger partial charge in [-0.15, -0.1) is 0 Å². The van der Waals surface area contributed by atoms with Gasteiger partial charge in [0.05, 0.1) is 17.8 Å². The predicted octanol–water partition coefficient (Wildman–Crippen LogP) is 1.54. The molecule has 6 rings (SSSR count). The summed E-state index contributed by atoms with van der Waals surface area (Å²) >= 11 is 0. The second kappa shape index (κ2) is 7.46. The van der Waals surface area contributed by atoms with Gasteiger partial charge in [0.1, 0.15) is 0 Å². The van der Waals surface area contributed by atoms with Crippen LogP contribution in [0.2, 0.25) is 0 Å². The van der Waals surface area contributed by atoms with Gasteiger partial charge in [0.25, 0.3) is 0 Å². The summed E-state index contributed by atoms with van der Waals surface area (Å²) in [7, 11) is 0. The average molecular weight is 429 g/mol. The summed E-state index contributed by atoms with van der Waals surface area (Å²) in [6, 6.07) is 1.54. The standard InChI is InChI=1S/C24H36N4O3/c25-22(29)17-8-3-14-5-11-20(17)27(14)24(31)18-9-4-15-6-12-21(18)28(15)23(30)16-7-1-13-2-10-19(16)26-13/h13-21,26H,1-12H2,(H2,25,29)/t13-,14+,15+,16-,17-,18-,19-,20+,21+/m1/s1. The Kier molecular flexibility index (Phi) is 4.82. The third-order valence-electron chi connectivity index (χ3n) is 9.74. The van der Waals surface area contributed by atoms with Gasteiger partial charge in [0.2, 0.25) is 17.7 Å². The van der Waals surface area contributed by atoms with Crippen LogP contribution in [0.4, 0.5) is 0 Å². The Balaban J connectivity index is 1.22. The van der Waals surface area contributed by atoms with E-state index in [4.69, 9.17) is 5.73 Å². The molecular formula is C24H36N4O3. The van der Waals surface area contributed by atoms with E-state index in [0.717, 1.165) is 70.6 Å². The number of rotatable bonds is 3. The Morgan fingerprint density at radius 3 is 1.81 bits per heavy atom. The number of carbonyl (C=O) groups is 3. The minimum atomic E-state index is -0.260. The smallest absolute Gasteiger partial charge is 0.228 e. The zero-order valence-corrected chi connectivity index (χ0v) is 18.4. The van der Waals surface area contributed by atoms with Gasteiger partial charge in [0, 0.05) is 36.3 Å². The van der Waals surface area contributed by atoms with Crippen LogP contribution in [0.1, 0.15) is 77.0 Å². The monoisotopic (exact) mass is 428 g/mol. The lowest BCUT2D eigenvalue weighted by atomic mass is 9.83. The minimum absolute atomic E-state index is 0.0232. The number of primary amides is 1.